The van der Waals surface area contributed by atoms with E-state index in [1.54, 1.807) is 6.07 Å². The number of nitrogens with zero attached hydrogens (tertiary/aromatic N) is 3. The number of aromatic nitrogens is 2. The van der Waals surface area contributed by atoms with Gasteiger partial charge in [0, 0.05) is 12.0 Å². The lowest BCUT2D eigenvalue weighted by atomic mass is 9.99. The van der Waals surface area contributed by atoms with Crippen LogP contribution < -0.4 is 0 Å². The molecule has 152 valence electrons. The Morgan fingerprint density at radius 3 is 2.45 bits per heavy atom. The molecule has 0 saturated heterocycles. The zero-order valence-electron chi connectivity index (χ0n) is 16.7. The van der Waals surface area contributed by atoms with Crippen LogP contribution in [0.4, 0.5) is 0 Å². The number of benzene rings is 3. The molecule has 0 aliphatic carbocycles. The maximum Gasteiger partial charge on any atom is 0.306 e. The minimum atomic E-state index is -0.335. The van der Waals surface area contributed by atoms with Crippen LogP contribution in [0.2, 0.25) is 0 Å². The van der Waals surface area contributed by atoms with E-state index < -0.39 is 0 Å². The third-order valence-electron chi connectivity index (χ3n) is 4.76. The Bertz CT molecular complexity index is 1210. The Balaban J connectivity index is 1.28. The van der Waals surface area contributed by atoms with Crippen LogP contribution >= 0.6 is 0 Å². The summed E-state index contributed by atoms with van der Waals surface area (Å²) in [5.74, 6) is 0.566. The summed E-state index contributed by atoms with van der Waals surface area (Å²) in [5, 5.41) is 13.2. The lowest BCUT2D eigenvalue weighted by Crippen LogP contribution is -2.06. The normalized spacial score (nSPS) is 10.4. The van der Waals surface area contributed by atoms with Gasteiger partial charge in [0.25, 0.3) is 0 Å². The number of nitriles is 1. The molecule has 4 aromatic rings. The minimum Gasteiger partial charge on any atom is -0.461 e. The van der Waals surface area contributed by atoms with E-state index in [0.717, 1.165) is 22.3 Å². The van der Waals surface area contributed by atoms with Crippen molar-refractivity contribution < 1.29 is 14.1 Å². The molecule has 0 N–H and O–H groups in total. The highest BCUT2D eigenvalue weighted by Crippen LogP contribution is 2.23. The van der Waals surface area contributed by atoms with Crippen molar-refractivity contribution in [1.82, 2.24) is 10.1 Å². The van der Waals surface area contributed by atoms with Gasteiger partial charge < -0.3 is 9.26 Å². The first-order valence-corrected chi connectivity index (χ1v) is 9.85. The van der Waals surface area contributed by atoms with Crippen molar-refractivity contribution in [2.24, 2.45) is 0 Å². The lowest BCUT2D eigenvalue weighted by Gasteiger charge is -2.07. The summed E-state index contributed by atoms with van der Waals surface area (Å²) in [6.45, 7) is 0.179. The van der Waals surface area contributed by atoms with Crippen LogP contribution in [0.25, 0.3) is 22.5 Å². The summed E-state index contributed by atoms with van der Waals surface area (Å²) in [6, 6.07) is 26.8. The van der Waals surface area contributed by atoms with Crippen molar-refractivity contribution in [2.45, 2.75) is 19.4 Å². The van der Waals surface area contributed by atoms with Crippen LogP contribution in [-0.4, -0.2) is 16.1 Å². The first-order valence-electron chi connectivity index (χ1n) is 9.85. The number of ether oxygens (including phenoxy) is 1. The molecule has 6 nitrogen and oxygen atoms in total. The molecular weight excluding hydrogens is 390 g/mol. The summed E-state index contributed by atoms with van der Waals surface area (Å²) < 4.78 is 10.6. The molecule has 4 rings (SSSR count). The fourth-order valence-corrected chi connectivity index (χ4v) is 3.12. The topological polar surface area (TPSA) is 89.0 Å². The van der Waals surface area contributed by atoms with E-state index in [2.05, 4.69) is 16.2 Å². The second-order valence-corrected chi connectivity index (χ2v) is 6.89. The number of hydrogen-bond donors (Lipinski definition) is 0. The van der Waals surface area contributed by atoms with Gasteiger partial charge in [0.15, 0.2) is 0 Å². The zero-order chi connectivity index (χ0) is 21.5. The molecule has 31 heavy (non-hydrogen) atoms. The van der Waals surface area contributed by atoms with Gasteiger partial charge in [-0.15, -0.1) is 0 Å². The summed E-state index contributed by atoms with van der Waals surface area (Å²) in [6.07, 6.45) is 0.479. The van der Waals surface area contributed by atoms with E-state index in [1.807, 2.05) is 72.8 Å². The summed E-state index contributed by atoms with van der Waals surface area (Å²) in [4.78, 5) is 16.4. The molecule has 1 heterocycles. The van der Waals surface area contributed by atoms with Crippen LogP contribution in [-0.2, 0) is 22.6 Å². The van der Waals surface area contributed by atoms with Crippen LogP contribution in [0.1, 0.15) is 23.4 Å². The highest BCUT2D eigenvalue weighted by Gasteiger charge is 2.11. The average Bonchev–Trinajstić information content (AvgIpc) is 3.31. The van der Waals surface area contributed by atoms with Crippen molar-refractivity contribution in [1.29, 1.82) is 5.26 Å². The van der Waals surface area contributed by atoms with E-state index >= 15 is 0 Å². The number of carbonyl (C=O) groups is 1. The molecule has 0 bridgehead atoms. The van der Waals surface area contributed by atoms with Crippen molar-refractivity contribution in [3.05, 3.63) is 95.9 Å². The largest absolute Gasteiger partial charge is 0.461 e. The summed E-state index contributed by atoms with van der Waals surface area (Å²) in [7, 11) is 0. The van der Waals surface area contributed by atoms with Gasteiger partial charge in [-0.05, 0) is 22.8 Å². The fourth-order valence-electron chi connectivity index (χ4n) is 3.12. The number of aryl methyl sites for hydroxylation is 1. The predicted molar refractivity (Wildman–Crippen MR) is 114 cm³/mol. The molecule has 0 amide bonds. The van der Waals surface area contributed by atoms with Crippen LogP contribution in [0.5, 0.6) is 0 Å². The van der Waals surface area contributed by atoms with Gasteiger partial charge in [0.1, 0.15) is 6.61 Å². The molecule has 6 heteroatoms. The zero-order valence-corrected chi connectivity index (χ0v) is 16.7. The first kappa shape index (κ1) is 20.0. The molecule has 0 saturated carbocycles. The van der Waals surface area contributed by atoms with Crippen molar-refractivity contribution in [3.63, 3.8) is 0 Å². The SMILES string of the molecule is N#Cc1ccccc1-c1ccc(COC(=O)CCc2nc(-c3ccccc3)no2)cc1. The van der Waals surface area contributed by atoms with Gasteiger partial charge in [-0.1, -0.05) is 78.0 Å². The highest BCUT2D eigenvalue weighted by atomic mass is 16.5. The van der Waals surface area contributed by atoms with Crippen molar-refractivity contribution >= 4 is 5.97 Å². The van der Waals surface area contributed by atoms with E-state index in [9.17, 15) is 10.1 Å². The molecule has 0 spiro atoms. The third kappa shape index (κ3) is 5.03. The molecule has 0 fully saturated rings. The molecule has 0 atom stereocenters. The average molecular weight is 409 g/mol. The number of hydrogen-bond acceptors (Lipinski definition) is 6. The first-order chi connectivity index (χ1) is 15.2. The second-order valence-electron chi connectivity index (χ2n) is 6.89. The van der Waals surface area contributed by atoms with Gasteiger partial charge in [0.05, 0.1) is 18.1 Å². The monoisotopic (exact) mass is 409 g/mol. The van der Waals surface area contributed by atoms with Crippen LogP contribution in [0, 0.1) is 11.3 Å². The predicted octanol–water partition coefficient (Wildman–Crippen LogP) is 4.95. The van der Waals surface area contributed by atoms with Crippen molar-refractivity contribution in [3.8, 4) is 28.6 Å². The molecule has 0 aliphatic heterocycles. The lowest BCUT2D eigenvalue weighted by molar-refractivity contribution is -0.145. The number of rotatable bonds is 7. The number of carbonyl (C=O) groups excluding carboxylic acids is 1. The Morgan fingerprint density at radius 2 is 1.68 bits per heavy atom. The maximum absolute atomic E-state index is 12.1. The van der Waals surface area contributed by atoms with E-state index in [1.165, 1.54) is 0 Å². The fraction of sp³-hybridized carbons (Fsp3) is 0.120. The van der Waals surface area contributed by atoms with Crippen LogP contribution in [0.3, 0.4) is 0 Å². The highest BCUT2D eigenvalue weighted by molar-refractivity contribution is 5.71. The molecule has 0 radical (unpaired) electrons. The smallest absolute Gasteiger partial charge is 0.306 e. The number of esters is 1. The van der Waals surface area contributed by atoms with Gasteiger partial charge in [-0.25, -0.2) is 0 Å². The van der Waals surface area contributed by atoms with E-state index in [0.29, 0.717) is 23.7 Å². The van der Waals surface area contributed by atoms with Gasteiger partial charge >= 0.3 is 5.97 Å². The minimum absolute atomic E-state index is 0.157. The quantitative estimate of drug-likeness (QED) is 0.401. The second kappa shape index (κ2) is 9.51. The molecule has 3 aromatic carbocycles. The van der Waals surface area contributed by atoms with E-state index in [4.69, 9.17) is 9.26 Å². The molecular formula is C25H19N3O3. The van der Waals surface area contributed by atoms with Crippen molar-refractivity contribution in [2.75, 3.05) is 0 Å². The standard InChI is InChI=1S/C25H19N3O3/c26-16-21-8-4-5-9-22(21)19-12-10-18(11-13-19)17-30-24(29)15-14-23-27-25(28-31-23)20-6-2-1-3-7-20/h1-13H,14-15,17H2. The maximum atomic E-state index is 12.1. The summed E-state index contributed by atoms with van der Waals surface area (Å²) >= 11 is 0. The molecule has 0 unspecified atom stereocenters. The Hall–Kier alpha value is -4.24. The van der Waals surface area contributed by atoms with Crippen LogP contribution in [0.15, 0.2) is 83.4 Å². The Morgan fingerprint density at radius 1 is 0.935 bits per heavy atom. The molecule has 1 aromatic heterocycles. The van der Waals surface area contributed by atoms with Gasteiger partial charge in [-0.3, -0.25) is 4.79 Å². The Labute approximate surface area is 179 Å². The molecule has 0 aliphatic rings. The third-order valence-corrected chi connectivity index (χ3v) is 4.76. The summed E-state index contributed by atoms with van der Waals surface area (Å²) in [5.41, 5.74) is 4.18. The van der Waals surface area contributed by atoms with Gasteiger partial charge in [0.2, 0.25) is 11.7 Å². The van der Waals surface area contributed by atoms with Gasteiger partial charge in [-0.2, -0.15) is 10.2 Å². The van der Waals surface area contributed by atoms with E-state index in [-0.39, 0.29) is 19.0 Å². The Kier molecular flexibility index (Phi) is 6.15.